The SMILES string of the molecule is CCN1C(=O)/C(=C\c2cc(OC)c(OCc3ccccc3)cc2[N+](=O)[O-])SC1=Nc1c(C)cccc1C. The third kappa shape index (κ3) is 5.67. The van der Waals surface area contributed by atoms with E-state index in [9.17, 15) is 14.9 Å². The Balaban J connectivity index is 1.70. The Morgan fingerprint density at radius 3 is 2.38 bits per heavy atom. The van der Waals surface area contributed by atoms with Gasteiger partial charge in [0.05, 0.1) is 34.3 Å². The van der Waals surface area contributed by atoms with Gasteiger partial charge in [0.2, 0.25) is 0 Å². The summed E-state index contributed by atoms with van der Waals surface area (Å²) in [7, 11) is 1.47. The van der Waals surface area contributed by atoms with Gasteiger partial charge in [-0.15, -0.1) is 0 Å². The van der Waals surface area contributed by atoms with Crippen LogP contribution in [0.1, 0.15) is 29.2 Å². The number of likely N-dealkylation sites (N-methyl/N-ethyl adjacent to an activating group) is 1. The van der Waals surface area contributed by atoms with Crippen molar-refractivity contribution in [1.29, 1.82) is 0 Å². The van der Waals surface area contributed by atoms with Crippen LogP contribution in [0.3, 0.4) is 0 Å². The summed E-state index contributed by atoms with van der Waals surface area (Å²) in [6.45, 7) is 6.46. The van der Waals surface area contributed by atoms with Crippen LogP contribution < -0.4 is 9.47 Å². The Morgan fingerprint density at radius 1 is 1.05 bits per heavy atom. The van der Waals surface area contributed by atoms with Gasteiger partial charge < -0.3 is 9.47 Å². The van der Waals surface area contributed by atoms with Crippen molar-refractivity contribution < 1.29 is 19.2 Å². The number of benzene rings is 3. The lowest BCUT2D eigenvalue weighted by molar-refractivity contribution is -0.385. The molecule has 0 radical (unpaired) electrons. The van der Waals surface area contributed by atoms with Crippen LogP contribution in [0.4, 0.5) is 11.4 Å². The predicted octanol–water partition coefficient (Wildman–Crippen LogP) is 6.42. The molecule has 0 saturated carbocycles. The van der Waals surface area contributed by atoms with Crippen LogP contribution in [0.5, 0.6) is 11.5 Å². The minimum absolute atomic E-state index is 0.187. The average molecular weight is 518 g/mol. The smallest absolute Gasteiger partial charge is 0.280 e. The number of aryl methyl sites for hydroxylation is 2. The summed E-state index contributed by atoms with van der Waals surface area (Å²) in [6.07, 6.45) is 1.52. The number of rotatable bonds is 8. The van der Waals surface area contributed by atoms with Crippen molar-refractivity contribution in [2.75, 3.05) is 13.7 Å². The highest BCUT2D eigenvalue weighted by Crippen LogP contribution is 2.40. The molecule has 37 heavy (non-hydrogen) atoms. The van der Waals surface area contributed by atoms with E-state index < -0.39 is 4.92 Å². The zero-order chi connectivity index (χ0) is 26.5. The molecule has 4 rings (SSSR count). The Labute approximate surface area is 219 Å². The zero-order valence-corrected chi connectivity index (χ0v) is 21.9. The number of carbonyl (C=O) groups is 1. The number of methoxy groups -OCH3 is 1. The number of nitrogens with zero attached hydrogens (tertiary/aromatic N) is 3. The van der Waals surface area contributed by atoms with Crippen LogP contribution in [-0.2, 0) is 11.4 Å². The van der Waals surface area contributed by atoms with Crippen LogP contribution in [0, 0.1) is 24.0 Å². The molecule has 1 fully saturated rings. The van der Waals surface area contributed by atoms with Gasteiger partial charge in [0.25, 0.3) is 11.6 Å². The van der Waals surface area contributed by atoms with Gasteiger partial charge in [-0.05, 0) is 61.4 Å². The number of hydrogen-bond acceptors (Lipinski definition) is 7. The highest BCUT2D eigenvalue weighted by atomic mass is 32.2. The molecule has 0 spiro atoms. The molecule has 1 amide bonds. The van der Waals surface area contributed by atoms with Crippen LogP contribution in [-0.4, -0.2) is 34.6 Å². The van der Waals surface area contributed by atoms with Gasteiger partial charge in [0.1, 0.15) is 6.61 Å². The monoisotopic (exact) mass is 517 g/mol. The highest BCUT2D eigenvalue weighted by molar-refractivity contribution is 8.18. The number of nitro benzene ring substituents is 1. The fraction of sp³-hybridized carbons (Fsp3) is 0.214. The van der Waals surface area contributed by atoms with Crippen LogP contribution in [0.2, 0.25) is 0 Å². The van der Waals surface area contributed by atoms with E-state index in [2.05, 4.69) is 0 Å². The molecule has 8 nitrogen and oxygen atoms in total. The fourth-order valence-corrected chi connectivity index (χ4v) is 4.97. The van der Waals surface area contributed by atoms with E-state index in [0.29, 0.717) is 22.4 Å². The summed E-state index contributed by atoms with van der Waals surface area (Å²) < 4.78 is 11.3. The van der Waals surface area contributed by atoms with Crippen molar-refractivity contribution in [3.8, 4) is 11.5 Å². The summed E-state index contributed by atoms with van der Waals surface area (Å²) in [5.41, 5.74) is 3.79. The number of ether oxygens (including phenoxy) is 2. The second-order valence-corrected chi connectivity index (χ2v) is 9.40. The Bertz CT molecular complexity index is 1380. The summed E-state index contributed by atoms with van der Waals surface area (Å²) in [6, 6.07) is 18.2. The number of thioether (sulfide) groups is 1. The maximum Gasteiger partial charge on any atom is 0.280 e. The van der Waals surface area contributed by atoms with E-state index >= 15 is 0 Å². The first kappa shape index (κ1) is 26.0. The second kappa shape index (κ2) is 11.3. The summed E-state index contributed by atoms with van der Waals surface area (Å²) in [5.74, 6) is 0.328. The maximum atomic E-state index is 13.2. The lowest BCUT2D eigenvalue weighted by atomic mass is 10.1. The number of amides is 1. The molecule has 1 aliphatic rings. The highest BCUT2D eigenvalue weighted by Gasteiger charge is 2.33. The van der Waals surface area contributed by atoms with Gasteiger partial charge in [-0.2, -0.15) is 0 Å². The van der Waals surface area contributed by atoms with Crippen molar-refractivity contribution in [3.05, 3.63) is 97.9 Å². The molecular formula is C28H27N3O5S. The molecule has 9 heteroatoms. The number of para-hydroxylation sites is 1. The molecule has 1 aliphatic heterocycles. The van der Waals surface area contributed by atoms with E-state index in [1.807, 2.05) is 69.3 Å². The number of nitro groups is 1. The molecular weight excluding hydrogens is 490 g/mol. The maximum absolute atomic E-state index is 13.2. The predicted molar refractivity (Wildman–Crippen MR) is 146 cm³/mol. The minimum atomic E-state index is -0.491. The lowest BCUT2D eigenvalue weighted by Crippen LogP contribution is -2.28. The zero-order valence-electron chi connectivity index (χ0n) is 21.1. The first-order valence-electron chi connectivity index (χ1n) is 11.7. The Kier molecular flexibility index (Phi) is 7.93. The van der Waals surface area contributed by atoms with Gasteiger partial charge >= 0.3 is 0 Å². The van der Waals surface area contributed by atoms with Gasteiger partial charge in [-0.1, -0.05) is 48.5 Å². The molecule has 3 aromatic carbocycles. The van der Waals surface area contributed by atoms with E-state index in [1.54, 1.807) is 4.90 Å². The average Bonchev–Trinajstić information content (AvgIpc) is 3.19. The Morgan fingerprint density at radius 2 is 1.76 bits per heavy atom. The van der Waals surface area contributed by atoms with E-state index in [1.165, 1.54) is 37.1 Å². The van der Waals surface area contributed by atoms with Crippen molar-refractivity contribution in [2.24, 2.45) is 4.99 Å². The normalized spacial score (nSPS) is 15.5. The summed E-state index contributed by atoms with van der Waals surface area (Å²) >= 11 is 1.20. The summed E-state index contributed by atoms with van der Waals surface area (Å²) in [4.78, 5) is 31.4. The molecule has 1 saturated heterocycles. The van der Waals surface area contributed by atoms with Gasteiger partial charge in [-0.3, -0.25) is 19.8 Å². The first-order chi connectivity index (χ1) is 17.8. The van der Waals surface area contributed by atoms with Gasteiger partial charge in [0.15, 0.2) is 16.7 Å². The molecule has 190 valence electrons. The number of aliphatic imine (C=N–C) groups is 1. The van der Waals surface area contributed by atoms with E-state index in [4.69, 9.17) is 14.5 Å². The standard InChI is InChI=1S/C28H27N3O5S/c1-5-30-27(32)25(37-28(30)29-26-18(2)10-9-11-19(26)3)15-21-14-23(35-4)24(16-22(21)31(33)34)36-17-20-12-7-6-8-13-20/h6-16H,5,17H2,1-4H3/b25-15+,29-28?. The molecule has 3 aromatic rings. The van der Waals surface area contributed by atoms with E-state index in [0.717, 1.165) is 22.4 Å². The topological polar surface area (TPSA) is 94.3 Å². The first-order valence-corrected chi connectivity index (χ1v) is 12.5. The van der Waals surface area contributed by atoms with Crippen molar-refractivity contribution in [2.45, 2.75) is 27.4 Å². The number of carbonyl (C=O) groups excluding carboxylic acids is 1. The van der Waals surface area contributed by atoms with Crippen LogP contribution in [0.15, 0.2) is 70.6 Å². The minimum Gasteiger partial charge on any atom is -0.493 e. The molecule has 0 aromatic heterocycles. The largest absolute Gasteiger partial charge is 0.493 e. The van der Waals surface area contributed by atoms with E-state index in [-0.39, 0.29) is 29.5 Å². The molecule has 0 atom stereocenters. The molecule has 0 N–H and O–H groups in total. The number of hydrogen-bond donors (Lipinski definition) is 0. The van der Waals surface area contributed by atoms with Crippen molar-refractivity contribution in [3.63, 3.8) is 0 Å². The third-order valence-electron chi connectivity index (χ3n) is 5.88. The summed E-state index contributed by atoms with van der Waals surface area (Å²) in [5, 5.41) is 12.5. The quantitative estimate of drug-likeness (QED) is 0.194. The molecule has 0 bridgehead atoms. The lowest BCUT2D eigenvalue weighted by Gasteiger charge is -2.13. The van der Waals surface area contributed by atoms with Gasteiger partial charge in [-0.25, -0.2) is 4.99 Å². The fourth-order valence-electron chi connectivity index (χ4n) is 3.94. The third-order valence-corrected chi connectivity index (χ3v) is 6.89. The second-order valence-electron chi connectivity index (χ2n) is 8.39. The Hall–Kier alpha value is -4.11. The van der Waals surface area contributed by atoms with Crippen molar-refractivity contribution in [1.82, 2.24) is 4.90 Å². The van der Waals surface area contributed by atoms with Crippen LogP contribution >= 0.6 is 11.8 Å². The van der Waals surface area contributed by atoms with Crippen molar-refractivity contribution >= 4 is 40.3 Å². The van der Waals surface area contributed by atoms with Crippen LogP contribution in [0.25, 0.3) is 6.08 Å². The molecule has 0 unspecified atom stereocenters. The molecule has 0 aliphatic carbocycles. The van der Waals surface area contributed by atoms with Gasteiger partial charge in [0, 0.05) is 6.54 Å². The molecule has 1 heterocycles. The number of amidine groups is 1.